The summed E-state index contributed by atoms with van der Waals surface area (Å²) >= 11 is 0. The van der Waals surface area contributed by atoms with Gasteiger partial charge in [-0.2, -0.15) is 5.26 Å². The van der Waals surface area contributed by atoms with Crippen LogP contribution in [0.4, 0.5) is 5.82 Å². The Morgan fingerprint density at radius 3 is 2.79 bits per heavy atom. The van der Waals surface area contributed by atoms with Gasteiger partial charge in [0.05, 0.1) is 11.6 Å². The van der Waals surface area contributed by atoms with Crippen molar-refractivity contribution in [2.45, 2.75) is 40.0 Å². The largest absolute Gasteiger partial charge is 0.357 e. The number of hydrogen-bond acceptors (Lipinski definition) is 3. The van der Waals surface area contributed by atoms with E-state index >= 15 is 0 Å². The van der Waals surface area contributed by atoms with Crippen LogP contribution in [0, 0.1) is 22.7 Å². The average molecular weight is 257 g/mol. The van der Waals surface area contributed by atoms with Gasteiger partial charge in [-0.05, 0) is 42.7 Å². The van der Waals surface area contributed by atoms with Gasteiger partial charge in [-0.25, -0.2) is 4.98 Å². The van der Waals surface area contributed by atoms with Gasteiger partial charge in [0.2, 0.25) is 0 Å². The van der Waals surface area contributed by atoms with E-state index in [9.17, 15) is 0 Å². The van der Waals surface area contributed by atoms with Crippen molar-refractivity contribution >= 4 is 5.82 Å². The molecule has 1 saturated heterocycles. The number of aromatic nitrogens is 1. The highest BCUT2D eigenvalue weighted by Gasteiger charge is 2.27. The van der Waals surface area contributed by atoms with Crippen LogP contribution in [0.1, 0.15) is 45.6 Å². The minimum atomic E-state index is 0.387. The third-order valence-electron chi connectivity index (χ3n) is 4.15. The third-order valence-corrected chi connectivity index (χ3v) is 4.15. The molecule has 0 bridgehead atoms. The van der Waals surface area contributed by atoms with E-state index < -0.39 is 0 Å². The van der Waals surface area contributed by atoms with Crippen LogP contribution in [-0.4, -0.2) is 18.1 Å². The molecule has 0 aliphatic carbocycles. The minimum Gasteiger partial charge on any atom is -0.357 e. The van der Waals surface area contributed by atoms with Gasteiger partial charge < -0.3 is 4.90 Å². The van der Waals surface area contributed by atoms with Crippen LogP contribution in [0.2, 0.25) is 0 Å². The normalized spacial score (nSPS) is 20.7. The van der Waals surface area contributed by atoms with Crippen molar-refractivity contribution in [1.29, 1.82) is 5.26 Å². The van der Waals surface area contributed by atoms with Crippen LogP contribution in [0.25, 0.3) is 0 Å². The molecule has 1 unspecified atom stereocenters. The maximum atomic E-state index is 8.97. The van der Waals surface area contributed by atoms with Gasteiger partial charge in [-0.15, -0.1) is 0 Å². The Balaban J connectivity index is 2.09. The number of nitriles is 1. The lowest BCUT2D eigenvalue weighted by atomic mass is 9.77. The second kappa shape index (κ2) is 5.61. The van der Waals surface area contributed by atoms with E-state index in [1.807, 2.05) is 6.07 Å². The molecule has 0 radical (unpaired) electrons. The van der Waals surface area contributed by atoms with E-state index in [1.54, 1.807) is 12.3 Å². The molecule has 2 heterocycles. The van der Waals surface area contributed by atoms with E-state index in [4.69, 9.17) is 5.26 Å². The molecule has 1 aromatic heterocycles. The molecule has 0 spiro atoms. The van der Waals surface area contributed by atoms with Crippen LogP contribution < -0.4 is 4.90 Å². The SMILES string of the molecule is CC(C)(C)C1CCCN(c2cc(C#N)ccn2)CC1. The van der Waals surface area contributed by atoms with Gasteiger partial charge in [0.25, 0.3) is 0 Å². The Bertz CT molecular complexity index is 468. The van der Waals surface area contributed by atoms with Crippen LogP contribution in [-0.2, 0) is 0 Å². The first-order valence-corrected chi connectivity index (χ1v) is 7.12. The fraction of sp³-hybridized carbons (Fsp3) is 0.625. The van der Waals surface area contributed by atoms with Crippen LogP contribution in [0.3, 0.4) is 0 Å². The molecule has 1 aliphatic rings. The van der Waals surface area contributed by atoms with E-state index in [0.717, 1.165) is 24.8 Å². The number of anilines is 1. The molecule has 3 nitrogen and oxygen atoms in total. The molecule has 1 atom stereocenters. The van der Waals surface area contributed by atoms with Gasteiger partial charge in [-0.1, -0.05) is 20.8 Å². The number of hydrogen-bond donors (Lipinski definition) is 0. The van der Waals surface area contributed by atoms with E-state index in [-0.39, 0.29) is 0 Å². The Morgan fingerprint density at radius 1 is 1.32 bits per heavy atom. The maximum absolute atomic E-state index is 8.97. The van der Waals surface area contributed by atoms with Gasteiger partial charge in [0.15, 0.2) is 0 Å². The van der Waals surface area contributed by atoms with Crippen molar-refractivity contribution in [2.24, 2.45) is 11.3 Å². The van der Waals surface area contributed by atoms with Crippen molar-refractivity contribution in [2.75, 3.05) is 18.0 Å². The van der Waals surface area contributed by atoms with E-state index in [2.05, 4.69) is 36.7 Å². The summed E-state index contributed by atoms with van der Waals surface area (Å²) in [5, 5.41) is 8.97. The molecule has 0 saturated carbocycles. The first-order chi connectivity index (χ1) is 9.00. The summed E-state index contributed by atoms with van der Waals surface area (Å²) in [7, 11) is 0. The zero-order valence-corrected chi connectivity index (χ0v) is 12.2. The molecule has 102 valence electrons. The van der Waals surface area contributed by atoms with Crippen LogP contribution in [0.5, 0.6) is 0 Å². The summed E-state index contributed by atoms with van der Waals surface area (Å²) in [6, 6.07) is 5.85. The molecule has 19 heavy (non-hydrogen) atoms. The third kappa shape index (κ3) is 3.47. The van der Waals surface area contributed by atoms with Crippen molar-refractivity contribution in [3.05, 3.63) is 23.9 Å². The molecule has 0 amide bonds. The topological polar surface area (TPSA) is 39.9 Å². The molecule has 0 N–H and O–H groups in total. The quantitative estimate of drug-likeness (QED) is 0.771. The average Bonchev–Trinajstić information content (AvgIpc) is 2.64. The Morgan fingerprint density at radius 2 is 2.11 bits per heavy atom. The predicted molar refractivity (Wildman–Crippen MR) is 78.0 cm³/mol. The number of pyridine rings is 1. The van der Waals surface area contributed by atoms with Gasteiger partial charge in [0, 0.05) is 19.3 Å². The zero-order valence-electron chi connectivity index (χ0n) is 12.2. The summed E-state index contributed by atoms with van der Waals surface area (Å²) in [5.74, 6) is 1.73. The van der Waals surface area contributed by atoms with Gasteiger partial charge >= 0.3 is 0 Å². The fourth-order valence-electron chi connectivity index (χ4n) is 2.85. The second-order valence-corrected chi connectivity index (χ2v) is 6.50. The first-order valence-electron chi connectivity index (χ1n) is 7.12. The lowest BCUT2D eigenvalue weighted by Gasteiger charge is -2.29. The molecule has 3 heteroatoms. The van der Waals surface area contributed by atoms with Crippen LogP contribution in [0.15, 0.2) is 18.3 Å². The summed E-state index contributed by atoms with van der Waals surface area (Å²) < 4.78 is 0. The summed E-state index contributed by atoms with van der Waals surface area (Å²) in [6.45, 7) is 9.10. The number of nitrogens with zero attached hydrogens (tertiary/aromatic N) is 3. The Kier molecular flexibility index (Phi) is 4.09. The summed E-state index contributed by atoms with van der Waals surface area (Å²) in [4.78, 5) is 6.74. The minimum absolute atomic E-state index is 0.387. The lowest BCUT2D eigenvalue weighted by molar-refractivity contribution is 0.220. The first kappa shape index (κ1) is 13.9. The van der Waals surface area contributed by atoms with Crippen molar-refractivity contribution < 1.29 is 0 Å². The molecule has 2 rings (SSSR count). The molecular weight excluding hydrogens is 234 g/mol. The highest BCUT2D eigenvalue weighted by atomic mass is 15.2. The van der Waals surface area contributed by atoms with Gasteiger partial charge in [0.1, 0.15) is 5.82 Å². The van der Waals surface area contributed by atoms with Crippen molar-refractivity contribution in [1.82, 2.24) is 4.98 Å². The monoisotopic (exact) mass is 257 g/mol. The Labute approximate surface area is 116 Å². The standard InChI is InChI=1S/C16H23N3/c1-16(2,3)14-5-4-9-19(10-7-14)15-11-13(12-17)6-8-18-15/h6,8,11,14H,4-5,7,9-10H2,1-3H3. The fourth-order valence-corrected chi connectivity index (χ4v) is 2.85. The predicted octanol–water partition coefficient (Wildman–Crippen LogP) is 3.61. The Hall–Kier alpha value is -1.56. The summed E-state index contributed by atoms with van der Waals surface area (Å²) in [5.41, 5.74) is 1.08. The molecule has 1 fully saturated rings. The highest BCUT2D eigenvalue weighted by molar-refractivity contribution is 5.44. The molecule has 1 aliphatic heterocycles. The van der Waals surface area contributed by atoms with Crippen molar-refractivity contribution in [3.63, 3.8) is 0 Å². The molecule has 0 aromatic carbocycles. The molecular formula is C16H23N3. The van der Waals surface area contributed by atoms with Crippen molar-refractivity contribution in [3.8, 4) is 6.07 Å². The lowest BCUT2D eigenvalue weighted by Crippen LogP contribution is -2.26. The second-order valence-electron chi connectivity index (χ2n) is 6.50. The van der Waals surface area contributed by atoms with E-state index in [0.29, 0.717) is 11.0 Å². The summed E-state index contributed by atoms with van der Waals surface area (Å²) in [6.07, 6.45) is 5.44. The highest BCUT2D eigenvalue weighted by Crippen LogP contribution is 2.34. The number of rotatable bonds is 1. The zero-order chi connectivity index (χ0) is 13.9. The maximum Gasteiger partial charge on any atom is 0.129 e. The van der Waals surface area contributed by atoms with Crippen LogP contribution >= 0.6 is 0 Å². The van der Waals surface area contributed by atoms with E-state index in [1.165, 1.54) is 19.3 Å². The smallest absolute Gasteiger partial charge is 0.129 e. The van der Waals surface area contributed by atoms with Gasteiger partial charge in [-0.3, -0.25) is 0 Å². The molecule has 1 aromatic rings.